The largest absolute Gasteiger partial charge is 0.476 e. The zero-order valence-electron chi connectivity index (χ0n) is 66.2. The molecule has 0 spiro atoms. The van der Waals surface area contributed by atoms with Gasteiger partial charge in [-0.3, -0.25) is 18.7 Å². The number of methoxy groups -OCH3 is 5. The number of benzene rings is 1. The van der Waals surface area contributed by atoms with Crippen LogP contribution in [0.15, 0.2) is 43.9 Å². The van der Waals surface area contributed by atoms with Gasteiger partial charge in [-0.05, 0) is 241 Å². The predicted octanol–water partition coefficient (Wildman–Crippen LogP) is 10.2. The van der Waals surface area contributed by atoms with Crippen LogP contribution >= 0.6 is 104 Å². The molecule has 0 aliphatic rings. The molecule has 0 radical (unpaired) electrons. The van der Waals surface area contributed by atoms with Crippen LogP contribution in [-0.4, -0.2) is 201 Å². The summed E-state index contributed by atoms with van der Waals surface area (Å²) >= 11 is 10.6. The number of aromatic nitrogens is 3. The average molecular weight is 1940 g/mol. The summed E-state index contributed by atoms with van der Waals surface area (Å²) in [6.07, 6.45) is -0.169. The molecule has 0 aliphatic heterocycles. The zero-order chi connectivity index (χ0) is 89.8. The molecule has 1 aromatic carbocycles. The average Bonchev–Trinajstić information content (AvgIpc) is 1.61. The highest BCUT2D eigenvalue weighted by Gasteiger charge is 2.31. The number of carbonyl (C=O) groups excluding carboxylic acids is 11. The SMILES string of the molecule is CC(C)(C)OC(=O)/C(C#N)=N/O.CC(C)(C)OC(=O)CC#N.COC(=O)CS.COC(=O)CSN=C(C#N)C(=O)OC(C)(C)C.COC(=O)c1snc(C(=O)O)c1I.COC(=O)c1snc(C(=O)OC(C)(C)C)c1I.COC(=O)c1snc(C(=O)OC(C)(C)C)c1N.Cc1ccc(S(=O)(=O)O/N=C(\C#N)C(=O)OC(C)(C)C)cc1. The van der Waals surface area contributed by atoms with E-state index in [4.69, 9.17) is 65.5 Å². The van der Waals surface area contributed by atoms with Gasteiger partial charge in [-0.25, -0.2) is 43.2 Å². The molecule has 0 bridgehead atoms. The van der Waals surface area contributed by atoms with Crippen molar-refractivity contribution in [2.24, 2.45) is 14.7 Å². The Hall–Kier alpha value is -9.77. The van der Waals surface area contributed by atoms with Crippen molar-refractivity contribution in [3.8, 4) is 24.3 Å². The Morgan fingerprint density at radius 1 is 0.509 bits per heavy atom. The van der Waals surface area contributed by atoms with Gasteiger partial charge in [0.25, 0.3) is 11.4 Å². The number of nitrogen functional groups attached to an aromatic ring is 1. The lowest BCUT2D eigenvalue weighted by Gasteiger charge is -2.18. The van der Waals surface area contributed by atoms with E-state index in [0.29, 0.717) is 12.0 Å². The van der Waals surface area contributed by atoms with Gasteiger partial charge in [0.1, 0.15) is 78.6 Å². The van der Waals surface area contributed by atoms with Gasteiger partial charge in [-0.1, -0.05) is 22.9 Å². The Balaban J connectivity index is -0.000000618. The number of nitrogens with zero attached hydrogens (tertiary/aromatic N) is 10. The normalized spacial score (nSPS) is 11.1. The van der Waals surface area contributed by atoms with Gasteiger partial charge in [-0.2, -0.15) is 59.6 Å². The second-order valence-electron chi connectivity index (χ2n) is 26.4. The Kier molecular flexibility index (Phi) is 51.0. The molecule has 0 amide bonds. The minimum atomic E-state index is -4.21. The summed E-state index contributed by atoms with van der Waals surface area (Å²) in [6, 6.07) is 12.0. The van der Waals surface area contributed by atoms with E-state index in [0.717, 1.165) is 52.1 Å². The number of esters is 11. The maximum Gasteiger partial charge on any atom is 0.372 e. The smallest absolute Gasteiger partial charge is 0.372 e. The highest BCUT2D eigenvalue weighted by Crippen LogP contribution is 2.27. The maximum absolute atomic E-state index is 11.9. The summed E-state index contributed by atoms with van der Waals surface area (Å²) in [5.74, 6) is -7.94. The summed E-state index contributed by atoms with van der Waals surface area (Å²) in [6.45, 7) is 32.4. The van der Waals surface area contributed by atoms with Crippen molar-refractivity contribution in [1.82, 2.24) is 13.1 Å². The lowest BCUT2D eigenvalue weighted by Crippen LogP contribution is -2.28. The standard InChI is InChI=1S/C14H16N2O5S.C10H12INO4S.2C10H14N2O4S.C7H10N2O3.C7H11NO2.C6H4INO4S.C3H6O2S/c1-10-5-7-11(8-6-10)22(18,19)21-16-12(9-15)13(17)20-14(2,3)4;2*1-10(2,3)16-8(13)6-5(11)7(17-12-6)9(14)15-4;1-10(2,3)16-9(14)7(5-11)12-17-6-8(13)15-4;1-7(2,3)12-6(10)5(4-8)9-11;1-7(2,3)10-6(9)4-5-8;1-12-6(11)4-2(7)3(5(9)10)8-13-4;1-5-3(4)2-6/h5-8H,1-4H3;1-4H3;11H2,1-4H3;6H2,1-4H3;11H,1-3H3;4H2,1-3H3;1H3,(H,9,10);6H,2H2,1H3/b16-12+;;;;9-5+;;;. The van der Waals surface area contributed by atoms with E-state index < -0.39 is 121 Å². The number of hydrogen-bond acceptors (Lipinski definition) is 43. The van der Waals surface area contributed by atoms with Crippen LogP contribution in [0.4, 0.5) is 5.69 Å². The molecule has 628 valence electrons. The molecule has 114 heavy (non-hydrogen) atoms. The fourth-order valence-electron chi connectivity index (χ4n) is 5.44. The van der Waals surface area contributed by atoms with Crippen LogP contribution in [0.1, 0.15) is 197 Å². The Labute approximate surface area is 707 Å². The van der Waals surface area contributed by atoms with Crippen LogP contribution in [-0.2, 0) is 95.3 Å². The van der Waals surface area contributed by atoms with Gasteiger partial charge < -0.3 is 68.2 Å². The number of halogens is 2. The molecule has 0 atom stereocenters. The number of aryl methyl sites for hydroxylation is 1. The van der Waals surface area contributed by atoms with E-state index in [9.17, 15) is 66.0 Å². The van der Waals surface area contributed by atoms with Gasteiger partial charge in [0.05, 0.1) is 60.2 Å². The predicted molar refractivity (Wildman–Crippen MR) is 432 cm³/mol. The van der Waals surface area contributed by atoms with Crippen molar-refractivity contribution in [3.63, 3.8) is 0 Å². The summed E-state index contributed by atoms with van der Waals surface area (Å²) in [4.78, 5) is 133. The fraction of sp³-hybridized carbons (Fsp3) is 0.493. The molecule has 3 heterocycles. The lowest BCUT2D eigenvalue weighted by atomic mass is 10.2. The maximum atomic E-state index is 11.9. The van der Waals surface area contributed by atoms with Crippen LogP contribution in [0.25, 0.3) is 0 Å². The first-order chi connectivity index (χ1) is 52.1. The van der Waals surface area contributed by atoms with Gasteiger partial charge >= 0.3 is 81.7 Å². The molecule has 4 aromatic rings. The van der Waals surface area contributed by atoms with Crippen LogP contribution in [0.2, 0.25) is 0 Å². The summed E-state index contributed by atoms with van der Waals surface area (Å²) in [5, 5.41) is 56.2. The molecular weight excluding hydrogens is 1850 g/mol. The highest BCUT2D eigenvalue weighted by molar-refractivity contribution is 14.1. The first-order valence-electron chi connectivity index (χ1n) is 31.4. The molecule has 0 saturated heterocycles. The first-order valence-corrected chi connectivity index (χ1v) is 38.8. The fourth-order valence-corrected chi connectivity index (χ4v) is 11.0. The number of oxime groups is 2. The second-order valence-corrected chi connectivity index (χ2v) is 33.5. The molecule has 0 fully saturated rings. The molecular formula is C67H87I2N11O28S6. The number of hydrogen-bond donors (Lipinski definition) is 4. The van der Waals surface area contributed by atoms with Gasteiger partial charge in [-0.15, -0.1) is 0 Å². The van der Waals surface area contributed by atoms with Crippen LogP contribution in [0, 0.1) is 59.4 Å². The molecule has 0 saturated carbocycles. The number of rotatable bonds is 17. The third kappa shape index (κ3) is 49.0. The third-order valence-electron chi connectivity index (χ3n) is 9.80. The van der Waals surface area contributed by atoms with Gasteiger partial charge in [0.15, 0.2) is 22.0 Å². The molecule has 4 rings (SSSR count). The van der Waals surface area contributed by atoms with Crippen molar-refractivity contribution in [2.75, 3.05) is 52.8 Å². The van der Waals surface area contributed by atoms with Crippen LogP contribution in [0.3, 0.4) is 0 Å². The second kappa shape index (κ2) is 52.6. The van der Waals surface area contributed by atoms with E-state index >= 15 is 0 Å². The van der Waals surface area contributed by atoms with Crippen molar-refractivity contribution in [1.29, 1.82) is 21.0 Å². The van der Waals surface area contributed by atoms with Gasteiger partial charge in [0, 0.05) is 0 Å². The number of carboxylic acids is 1. The number of nitriles is 4. The summed E-state index contributed by atoms with van der Waals surface area (Å²) in [5.41, 5.74) is 0.766. The molecule has 0 unspecified atom stereocenters. The van der Waals surface area contributed by atoms with Crippen molar-refractivity contribution in [2.45, 2.75) is 176 Å². The van der Waals surface area contributed by atoms with E-state index in [1.54, 1.807) is 178 Å². The number of thiol groups is 1. The minimum Gasteiger partial charge on any atom is -0.476 e. The molecule has 3 aromatic heterocycles. The molecule has 39 nitrogen and oxygen atoms in total. The van der Waals surface area contributed by atoms with Crippen molar-refractivity contribution < 1.29 is 133 Å². The van der Waals surface area contributed by atoms with Crippen LogP contribution in [0.5, 0.6) is 0 Å². The van der Waals surface area contributed by atoms with E-state index in [2.05, 4.69) is 68.4 Å². The summed E-state index contributed by atoms with van der Waals surface area (Å²) < 4.78 is 95.7. The number of carboxylic acid groups (broad SMARTS) is 1. The van der Waals surface area contributed by atoms with E-state index in [-0.39, 0.29) is 67.0 Å². The highest BCUT2D eigenvalue weighted by atomic mass is 127. The molecule has 47 heteroatoms. The zero-order valence-corrected chi connectivity index (χ0v) is 75.5. The van der Waals surface area contributed by atoms with Crippen molar-refractivity contribution in [3.05, 3.63) is 68.7 Å². The Bertz CT molecular complexity index is 4280. The monoisotopic (exact) mass is 1940 g/mol. The molecule has 0 aliphatic carbocycles. The van der Waals surface area contributed by atoms with E-state index in [1.165, 1.54) is 59.8 Å². The third-order valence-corrected chi connectivity index (χ3v) is 17.2. The van der Waals surface area contributed by atoms with Crippen molar-refractivity contribution >= 4 is 209 Å². The number of anilines is 1. The number of nitrogens with two attached hydrogens (primary N) is 1. The summed E-state index contributed by atoms with van der Waals surface area (Å²) in [7, 11) is 2.12. The Morgan fingerprint density at radius 2 is 0.860 bits per heavy atom. The Morgan fingerprint density at radius 3 is 1.19 bits per heavy atom. The number of carbonyl (C=O) groups is 12. The number of ether oxygens (including phenoxy) is 11. The number of aromatic carboxylic acids is 1. The lowest BCUT2D eigenvalue weighted by molar-refractivity contribution is -0.153. The van der Waals surface area contributed by atoms with E-state index in [1.807, 2.05) is 22.6 Å². The first kappa shape index (κ1) is 111. The van der Waals surface area contributed by atoms with Gasteiger partial charge in [0.2, 0.25) is 5.71 Å². The van der Waals surface area contributed by atoms with Crippen LogP contribution < -0.4 is 5.73 Å². The topological polar surface area (TPSA) is 587 Å². The minimum absolute atomic E-state index is 0.00361. The quantitative estimate of drug-likeness (QED) is 0.0111. The molecule has 4 N–H and O–H groups in total.